The minimum Gasteiger partial charge on any atom is -0.388 e. The fourth-order valence-corrected chi connectivity index (χ4v) is 3.35. The summed E-state index contributed by atoms with van der Waals surface area (Å²) in [6.07, 6.45) is 3.12. The molecule has 0 bridgehead atoms. The van der Waals surface area contributed by atoms with Crippen LogP contribution in [0.5, 0.6) is 0 Å². The molecule has 0 amide bonds. The molecule has 0 atom stereocenters. The lowest BCUT2D eigenvalue weighted by Gasteiger charge is -2.25. The number of nitro benzene ring substituents is 1. The Morgan fingerprint density at radius 3 is 2.60 bits per heavy atom. The molecule has 1 aliphatic carbocycles. The summed E-state index contributed by atoms with van der Waals surface area (Å²) in [6, 6.07) is 3.95. The fraction of sp³-hybridized carbons (Fsp3) is 0.500. The van der Waals surface area contributed by atoms with E-state index in [-0.39, 0.29) is 4.90 Å². The van der Waals surface area contributed by atoms with Crippen molar-refractivity contribution in [3.63, 3.8) is 0 Å². The van der Waals surface area contributed by atoms with E-state index in [1.807, 2.05) is 0 Å². The minimum atomic E-state index is -3.87. The molecular weight excluding hydrogens is 282 g/mol. The second-order valence-electron chi connectivity index (χ2n) is 4.84. The largest absolute Gasteiger partial charge is 0.388 e. The molecule has 0 spiro atoms. The van der Waals surface area contributed by atoms with E-state index in [2.05, 4.69) is 10.0 Å². The average Bonchev–Trinajstić information content (AvgIpc) is 2.35. The average molecular weight is 299 g/mol. The number of hydrogen-bond donors (Lipinski definition) is 2. The Balaban J connectivity index is 2.29. The molecular formula is C12H17N3O4S. The molecule has 0 heterocycles. The standard InChI is InChI=1S/C12H17N3O4S/c1-13-10-5-6-11(15(16)17)12(7-10)20(18,19)14-8-9-3-2-4-9/h5-7,9,13-14H,2-4,8H2,1H3. The lowest BCUT2D eigenvalue weighted by molar-refractivity contribution is -0.387. The number of benzene rings is 1. The Hall–Kier alpha value is -1.67. The Morgan fingerprint density at radius 2 is 2.10 bits per heavy atom. The van der Waals surface area contributed by atoms with E-state index in [4.69, 9.17) is 0 Å². The number of sulfonamides is 1. The van der Waals surface area contributed by atoms with Gasteiger partial charge in [0, 0.05) is 25.3 Å². The molecule has 2 N–H and O–H groups in total. The van der Waals surface area contributed by atoms with Gasteiger partial charge in [-0.25, -0.2) is 13.1 Å². The van der Waals surface area contributed by atoms with Crippen LogP contribution < -0.4 is 10.0 Å². The van der Waals surface area contributed by atoms with Crippen LogP contribution in [0.25, 0.3) is 0 Å². The topological polar surface area (TPSA) is 101 Å². The summed E-state index contributed by atoms with van der Waals surface area (Å²) in [4.78, 5) is 9.99. The second kappa shape index (κ2) is 5.76. The van der Waals surface area contributed by atoms with Crippen LogP contribution >= 0.6 is 0 Å². The molecule has 1 aliphatic rings. The maximum Gasteiger partial charge on any atom is 0.289 e. The van der Waals surface area contributed by atoms with Gasteiger partial charge in [0.15, 0.2) is 4.90 Å². The van der Waals surface area contributed by atoms with Crippen LogP contribution in [0.3, 0.4) is 0 Å². The lowest BCUT2D eigenvalue weighted by Crippen LogP contribution is -2.32. The van der Waals surface area contributed by atoms with Gasteiger partial charge < -0.3 is 5.32 Å². The predicted octanol–water partition coefficient (Wildman–Crippen LogP) is 1.71. The number of nitro groups is 1. The number of nitrogens with zero attached hydrogens (tertiary/aromatic N) is 1. The van der Waals surface area contributed by atoms with Gasteiger partial charge in [-0.1, -0.05) is 6.42 Å². The van der Waals surface area contributed by atoms with Crippen LogP contribution in [0.15, 0.2) is 23.1 Å². The van der Waals surface area contributed by atoms with Crippen molar-refractivity contribution in [3.05, 3.63) is 28.3 Å². The maximum absolute atomic E-state index is 12.2. The molecule has 0 aliphatic heterocycles. The van der Waals surface area contributed by atoms with Gasteiger partial charge in [0.1, 0.15) is 0 Å². The van der Waals surface area contributed by atoms with Crippen molar-refractivity contribution in [2.24, 2.45) is 5.92 Å². The third kappa shape index (κ3) is 3.07. The van der Waals surface area contributed by atoms with Crippen LogP contribution in [-0.2, 0) is 10.0 Å². The number of hydrogen-bond acceptors (Lipinski definition) is 5. The maximum atomic E-state index is 12.2. The molecule has 7 nitrogen and oxygen atoms in total. The number of rotatable bonds is 6. The molecule has 1 aromatic rings. The Bertz CT molecular complexity index is 611. The molecule has 0 radical (unpaired) electrons. The normalized spacial score (nSPS) is 15.7. The predicted molar refractivity (Wildman–Crippen MR) is 75.2 cm³/mol. The minimum absolute atomic E-state index is 0.298. The highest BCUT2D eigenvalue weighted by Gasteiger charge is 2.27. The van der Waals surface area contributed by atoms with Gasteiger partial charge in [0.25, 0.3) is 5.69 Å². The molecule has 110 valence electrons. The van der Waals surface area contributed by atoms with Gasteiger partial charge in [0.2, 0.25) is 10.0 Å². The lowest BCUT2D eigenvalue weighted by atomic mass is 9.86. The first-order chi connectivity index (χ1) is 9.44. The molecule has 0 unspecified atom stereocenters. The van der Waals surface area contributed by atoms with E-state index < -0.39 is 20.6 Å². The molecule has 2 rings (SSSR count). The van der Waals surface area contributed by atoms with Gasteiger partial charge in [-0.3, -0.25) is 10.1 Å². The smallest absolute Gasteiger partial charge is 0.289 e. The first kappa shape index (κ1) is 14.7. The van der Waals surface area contributed by atoms with Crippen molar-refractivity contribution >= 4 is 21.4 Å². The van der Waals surface area contributed by atoms with E-state index in [9.17, 15) is 18.5 Å². The van der Waals surface area contributed by atoms with E-state index in [1.54, 1.807) is 7.05 Å². The molecule has 1 saturated carbocycles. The zero-order valence-electron chi connectivity index (χ0n) is 11.1. The van der Waals surface area contributed by atoms with E-state index in [0.717, 1.165) is 19.3 Å². The van der Waals surface area contributed by atoms with Crippen molar-refractivity contribution in [2.75, 3.05) is 18.9 Å². The van der Waals surface area contributed by atoms with Crippen LogP contribution in [0, 0.1) is 16.0 Å². The van der Waals surface area contributed by atoms with Gasteiger partial charge in [-0.2, -0.15) is 0 Å². The van der Waals surface area contributed by atoms with Gasteiger partial charge in [-0.15, -0.1) is 0 Å². The number of nitrogens with one attached hydrogen (secondary N) is 2. The summed E-state index contributed by atoms with van der Waals surface area (Å²) >= 11 is 0. The quantitative estimate of drug-likeness (QED) is 0.615. The molecule has 0 saturated heterocycles. The van der Waals surface area contributed by atoms with Crippen molar-refractivity contribution in [1.29, 1.82) is 0 Å². The number of anilines is 1. The van der Waals surface area contributed by atoms with Crippen LogP contribution in [0.2, 0.25) is 0 Å². The van der Waals surface area contributed by atoms with Crippen LogP contribution in [0.4, 0.5) is 11.4 Å². The summed E-state index contributed by atoms with van der Waals surface area (Å²) in [5.41, 5.74) is 0.102. The van der Waals surface area contributed by atoms with Gasteiger partial charge in [0.05, 0.1) is 4.92 Å². The second-order valence-corrected chi connectivity index (χ2v) is 6.57. The summed E-state index contributed by atoms with van der Waals surface area (Å²) in [5.74, 6) is 0.344. The van der Waals surface area contributed by atoms with Crippen molar-refractivity contribution in [3.8, 4) is 0 Å². The fourth-order valence-electron chi connectivity index (χ4n) is 2.04. The van der Waals surface area contributed by atoms with Crippen LogP contribution in [-0.4, -0.2) is 26.9 Å². The van der Waals surface area contributed by atoms with Crippen molar-refractivity contribution in [2.45, 2.75) is 24.2 Å². The molecule has 0 aromatic heterocycles. The highest BCUT2D eigenvalue weighted by molar-refractivity contribution is 7.89. The molecule has 8 heteroatoms. The molecule has 1 aromatic carbocycles. The Labute approximate surface area is 117 Å². The first-order valence-electron chi connectivity index (χ1n) is 6.40. The van der Waals surface area contributed by atoms with E-state index >= 15 is 0 Å². The van der Waals surface area contributed by atoms with Gasteiger partial charge in [-0.05, 0) is 30.9 Å². The Morgan fingerprint density at radius 1 is 1.40 bits per heavy atom. The molecule has 1 fully saturated rings. The van der Waals surface area contributed by atoms with E-state index in [1.165, 1.54) is 18.2 Å². The zero-order valence-corrected chi connectivity index (χ0v) is 11.9. The van der Waals surface area contributed by atoms with Gasteiger partial charge >= 0.3 is 0 Å². The third-order valence-electron chi connectivity index (χ3n) is 3.52. The highest BCUT2D eigenvalue weighted by atomic mass is 32.2. The highest BCUT2D eigenvalue weighted by Crippen LogP contribution is 2.29. The third-order valence-corrected chi connectivity index (χ3v) is 4.97. The summed E-state index contributed by atoms with van der Waals surface area (Å²) in [7, 11) is -2.25. The van der Waals surface area contributed by atoms with Crippen molar-refractivity contribution in [1.82, 2.24) is 4.72 Å². The monoisotopic (exact) mass is 299 g/mol. The summed E-state index contributed by atoms with van der Waals surface area (Å²) in [5, 5.41) is 13.7. The zero-order chi connectivity index (χ0) is 14.8. The Kier molecular flexibility index (Phi) is 4.24. The summed E-state index contributed by atoms with van der Waals surface area (Å²) in [6.45, 7) is 0.337. The van der Waals surface area contributed by atoms with Crippen LogP contribution in [0.1, 0.15) is 19.3 Å². The molecule has 20 heavy (non-hydrogen) atoms. The first-order valence-corrected chi connectivity index (χ1v) is 7.88. The van der Waals surface area contributed by atoms with Crippen molar-refractivity contribution < 1.29 is 13.3 Å². The van der Waals surface area contributed by atoms with E-state index in [0.29, 0.717) is 18.2 Å². The SMILES string of the molecule is CNc1ccc([N+](=O)[O-])c(S(=O)(=O)NCC2CCC2)c1. The summed E-state index contributed by atoms with van der Waals surface area (Å²) < 4.78 is 26.9.